The molecule has 3 aromatic carbocycles. The second kappa shape index (κ2) is 10.8. The maximum absolute atomic E-state index is 13.7. The molecule has 0 N–H and O–H groups in total. The van der Waals surface area contributed by atoms with Crippen molar-refractivity contribution in [2.24, 2.45) is 0 Å². The fraction of sp³-hybridized carbons (Fsp3) is 0.179. The van der Waals surface area contributed by atoms with Crippen LogP contribution in [0.3, 0.4) is 0 Å². The van der Waals surface area contributed by atoms with Crippen molar-refractivity contribution in [1.82, 2.24) is 4.57 Å². The van der Waals surface area contributed by atoms with Crippen molar-refractivity contribution in [2.45, 2.75) is 18.8 Å². The lowest BCUT2D eigenvalue weighted by Crippen LogP contribution is -2.30. The first-order valence-electron chi connectivity index (χ1n) is 10.9. The molecule has 0 radical (unpaired) electrons. The molecule has 5 nitrogen and oxygen atoms in total. The van der Waals surface area contributed by atoms with Crippen LogP contribution in [0.4, 0.5) is 4.39 Å². The molecule has 0 aliphatic carbocycles. The number of rotatable bonds is 9. The molecule has 0 fully saturated rings. The van der Waals surface area contributed by atoms with Crippen LogP contribution in [0.2, 0.25) is 0 Å². The van der Waals surface area contributed by atoms with E-state index < -0.39 is 12.1 Å². The Labute approximate surface area is 198 Å². The number of benzene rings is 3. The van der Waals surface area contributed by atoms with E-state index in [2.05, 4.69) is 0 Å². The van der Waals surface area contributed by atoms with Gasteiger partial charge in [0.25, 0.3) is 5.56 Å². The summed E-state index contributed by atoms with van der Waals surface area (Å²) in [7, 11) is 3.23. The standard InChI is InChI=1S/C28H26FNO4/c1-32-24-14-6-20(7-15-24)19-34-28(22-10-16-25(33-2)17-11-22)27(21-8-12-23(29)13-9-21)30-18-4-3-5-26(30)31/h3-18,27-28H,19H2,1-2H3/t27-,28+/m1/s1. The Morgan fingerprint density at radius 3 is 1.94 bits per heavy atom. The Morgan fingerprint density at radius 2 is 1.35 bits per heavy atom. The van der Waals surface area contributed by atoms with Crippen molar-refractivity contribution in [3.05, 3.63) is 130 Å². The summed E-state index contributed by atoms with van der Waals surface area (Å²) in [6.45, 7) is 0.306. The largest absolute Gasteiger partial charge is 0.497 e. The Kier molecular flexibility index (Phi) is 7.40. The van der Waals surface area contributed by atoms with Gasteiger partial charge in [-0.25, -0.2) is 4.39 Å². The minimum atomic E-state index is -0.543. The normalized spacial score (nSPS) is 12.7. The molecule has 4 rings (SSSR count). The molecule has 174 valence electrons. The van der Waals surface area contributed by atoms with E-state index in [1.54, 1.807) is 49.2 Å². The number of ether oxygens (including phenoxy) is 3. The van der Waals surface area contributed by atoms with Gasteiger partial charge in [-0.2, -0.15) is 0 Å². The maximum atomic E-state index is 13.7. The first-order valence-corrected chi connectivity index (χ1v) is 10.9. The summed E-state index contributed by atoms with van der Waals surface area (Å²) in [6, 6.07) is 25.8. The zero-order valence-corrected chi connectivity index (χ0v) is 19.1. The predicted molar refractivity (Wildman–Crippen MR) is 129 cm³/mol. The highest BCUT2D eigenvalue weighted by Crippen LogP contribution is 2.36. The van der Waals surface area contributed by atoms with E-state index in [0.29, 0.717) is 12.4 Å². The quantitative estimate of drug-likeness (QED) is 0.329. The van der Waals surface area contributed by atoms with Gasteiger partial charge in [0.1, 0.15) is 23.4 Å². The lowest BCUT2D eigenvalue weighted by atomic mass is 9.94. The van der Waals surface area contributed by atoms with Crippen LogP contribution < -0.4 is 15.0 Å². The van der Waals surface area contributed by atoms with Crippen molar-refractivity contribution >= 4 is 0 Å². The number of hydrogen-bond donors (Lipinski definition) is 0. The Hall–Kier alpha value is -3.90. The molecule has 0 aliphatic heterocycles. The van der Waals surface area contributed by atoms with Gasteiger partial charge in [0, 0.05) is 12.3 Å². The lowest BCUT2D eigenvalue weighted by Gasteiger charge is -2.30. The van der Waals surface area contributed by atoms with Crippen LogP contribution >= 0.6 is 0 Å². The SMILES string of the molecule is COc1ccc(CO[C@@H](c2ccc(OC)cc2)[C@@H](c2ccc(F)cc2)n2ccccc2=O)cc1. The zero-order chi connectivity index (χ0) is 23.9. The molecular weight excluding hydrogens is 433 g/mol. The second-order valence-corrected chi connectivity index (χ2v) is 7.80. The van der Waals surface area contributed by atoms with E-state index in [4.69, 9.17) is 14.2 Å². The van der Waals surface area contributed by atoms with Crippen molar-refractivity contribution in [3.63, 3.8) is 0 Å². The van der Waals surface area contributed by atoms with E-state index in [1.165, 1.54) is 18.2 Å². The highest BCUT2D eigenvalue weighted by Gasteiger charge is 2.28. The molecule has 4 aromatic rings. The summed E-state index contributed by atoms with van der Waals surface area (Å²) in [6.07, 6.45) is 1.18. The summed E-state index contributed by atoms with van der Waals surface area (Å²) in [5.41, 5.74) is 2.39. The smallest absolute Gasteiger partial charge is 0.251 e. The third-order valence-electron chi connectivity index (χ3n) is 5.68. The highest BCUT2D eigenvalue weighted by atomic mass is 19.1. The van der Waals surface area contributed by atoms with E-state index in [-0.39, 0.29) is 11.4 Å². The molecule has 0 bridgehead atoms. The van der Waals surface area contributed by atoms with Crippen LogP contribution in [-0.2, 0) is 11.3 Å². The maximum Gasteiger partial charge on any atom is 0.251 e. The van der Waals surface area contributed by atoms with Gasteiger partial charge in [-0.15, -0.1) is 0 Å². The summed E-state index contributed by atoms with van der Waals surface area (Å²) in [4.78, 5) is 12.9. The third kappa shape index (κ3) is 5.35. The van der Waals surface area contributed by atoms with Crippen LogP contribution in [0.25, 0.3) is 0 Å². The highest BCUT2D eigenvalue weighted by molar-refractivity contribution is 5.33. The van der Waals surface area contributed by atoms with Crippen LogP contribution in [0.15, 0.2) is 102 Å². The molecule has 0 spiro atoms. The van der Waals surface area contributed by atoms with Gasteiger partial charge in [0.2, 0.25) is 0 Å². The molecule has 0 unspecified atom stereocenters. The first kappa shape index (κ1) is 23.3. The van der Waals surface area contributed by atoms with Crippen LogP contribution in [0.5, 0.6) is 11.5 Å². The van der Waals surface area contributed by atoms with Gasteiger partial charge in [0.05, 0.1) is 26.9 Å². The fourth-order valence-electron chi connectivity index (χ4n) is 3.88. The van der Waals surface area contributed by atoms with Crippen LogP contribution in [0, 0.1) is 5.82 Å². The van der Waals surface area contributed by atoms with Gasteiger partial charge in [-0.05, 0) is 59.2 Å². The van der Waals surface area contributed by atoms with E-state index >= 15 is 0 Å². The van der Waals surface area contributed by atoms with Crippen LogP contribution in [0.1, 0.15) is 28.8 Å². The second-order valence-electron chi connectivity index (χ2n) is 7.80. The molecule has 0 saturated heterocycles. The molecule has 34 heavy (non-hydrogen) atoms. The molecular formula is C28H26FNO4. The average Bonchev–Trinajstić information content (AvgIpc) is 2.88. The van der Waals surface area contributed by atoms with E-state index in [9.17, 15) is 9.18 Å². The summed E-state index contributed by atoms with van der Waals surface area (Å²) in [5.74, 6) is 1.13. The minimum absolute atomic E-state index is 0.177. The zero-order valence-electron chi connectivity index (χ0n) is 19.1. The third-order valence-corrected chi connectivity index (χ3v) is 5.68. The predicted octanol–water partition coefficient (Wildman–Crippen LogP) is 5.55. The minimum Gasteiger partial charge on any atom is -0.497 e. The van der Waals surface area contributed by atoms with Crippen molar-refractivity contribution in [1.29, 1.82) is 0 Å². The van der Waals surface area contributed by atoms with Crippen molar-refractivity contribution in [2.75, 3.05) is 14.2 Å². The summed E-state index contributed by atoms with van der Waals surface area (Å²) in [5, 5.41) is 0. The Balaban J connectivity index is 1.78. The topological polar surface area (TPSA) is 49.7 Å². The number of halogens is 1. The van der Waals surface area contributed by atoms with Gasteiger partial charge in [0.15, 0.2) is 0 Å². The molecule has 2 atom stereocenters. The van der Waals surface area contributed by atoms with Gasteiger partial charge in [-0.1, -0.05) is 42.5 Å². The molecule has 0 saturated carbocycles. The Morgan fingerprint density at radius 1 is 0.765 bits per heavy atom. The molecule has 6 heteroatoms. The van der Waals surface area contributed by atoms with Crippen molar-refractivity contribution < 1.29 is 18.6 Å². The number of hydrogen-bond acceptors (Lipinski definition) is 4. The molecule has 1 aromatic heterocycles. The molecule has 0 aliphatic rings. The summed E-state index contributed by atoms with van der Waals surface area (Å²) >= 11 is 0. The van der Waals surface area contributed by atoms with E-state index in [0.717, 1.165) is 22.4 Å². The number of methoxy groups -OCH3 is 2. The molecule has 1 heterocycles. The Bertz CT molecular complexity index is 1250. The lowest BCUT2D eigenvalue weighted by molar-refractivity contribution is 0.0126. The summed E-state index contributed by atoms with van der Waals surface area (Å²) < 4.78 is 32.4. The van der Waals surface area contributed by atoms with Crippen LogP contribution in [-0.4, -0.2) is 18.8 Å². The van der Waals surface area contributed by atoms with Gasteiger partial charge in [-0.3, -0.25) is 4.79 Å². The van der Waals surface area contributed by atoms with Gasteiger partial charge >= 0.3 is 0 Å². The van der Waals surface area contributed by atoms with Crippen molar-refractivity contribution in [3.8, 4) is 11.5 Å². The number of aromatic nitrogens is 1. The van der Waals surface area contributed by atoms with Gasteiger partial charge < -0.3 is 18.8 Å². The van der Waals surface area contributed by atoms with E-state index in [1.807, 2.05) is 48.5 Å². The average molecular weight is 460 g/mol. The fourth-order valence-corrected chi connectivity index (χ4v) is 3.88. The number of pyridine rings is 1. The molecule has 0 amide bonds. The first-order chi connectivity index (χ1) is 16.6. The number of nitrogens with zero attached hydrogens (tertiary/aromatic N) is 1. The monoisotopic (exact) mass is 459 g/mol.